The average molecular weight is 350 g/mol. The monoisotopic (exact) mass is 350 g/mol. The molecule has 1 aromatic rings. The normalized spacial score (nSPS) is 19.4. The van der Waals surface area contributed by atoms with Crippen molar-refractivity contribution >= 4 is 5.97 Å². The third-order valence-electron chi connectivity index (χ3n) is 4.57. The van der Waals surface area contributed by atoms with Gasteiger partial charge in [-0.05, 0) is 43.7 Å². The molecule has 0 bridgehead atoms. The van der Waals surface area contributed by atoms with Gasteiger partial charge in [0, 0.05) is 11.5 Å². The number of halogens is 1. The molecule has 3 N–H and O–H groups in total. The van der Waals surface area contributed by atoms with Gasteiger partial charge < -0.3 is 15.3 Å². The van der Waals surface area contributed by atoms with Crippen molar-refractivity contribution in [2.45, 2.75) is 45.4 Å². The van der Waals surface area contributed by atoms with Crippen molar-refractivity contribution < 1.29 is 24.5 Å². The Hall–Kier alpha value is -2.30. The summed E-state index contributed by atoms with van der Waals surface area (Å²) in [6.45, 7) is 7.77. The van der Waals surface area contributed by atoms with E-state index in [1.807, 2.05) is 26.0 Å². The molecule has 0 aromatic heterocycles. The molecule has 0 aliphatic heterocycles. The highest BCUT2D eigenvalue weighted by Gasteiger charge is 2.31. The number of phenolic OH excluding ortho intramolecular Hbond substituents is 1. The number of aryl methyl sites for hydroxylation is 1. The van der Waals surface area contributed by atoms with E-state index >= 15 is 0 Å². The molecule has 1 aliphatic carbocycles. The number of alkyl halides is 1. The first-order chi connectivity index (χ1) is 11.9. The summed E-state index contributed by atoms with van der Waals surface area (Å²) in [5.41, 5.74) is 1.83. The molecule has 1 aromatic carbocycles. The second kappa shape index (κ2) is 9.25. The molecule has 2 rings (SSSR count). The number of carboxylic acid groups (broad SMARTS) is 1. The molecule has 1 aliphatic rings. The van der Waals surface area contributed by atoms with Crippen LogP contribution in [0.3, 0.4) is 0 Å². The Morgan fingerprint density at radius 3 is 2.56 bits per heavy atom. The van der Waals surface area contributed by atoms with Crippen LogP contribution in [0.25, 0.3) is 0 Å². The minimum absolute atomic E-state index is 0.0428. The van der Waals surface area contributed by atoms with E-state index < -0.39 is 5.97 Å². The fraction of sp³-hybridized carbons (Fsp3) is 0.450. The van der Waals surface area contributed by atoms with E-state index in [-0.39, 0.29) is 28.9 Å². The van der Waals surface area contributed by atoms with Gasteiger partial charge in [0.2, 0.25) is 0 Å². The Bertz CT molecular complexity index is 664. The van der Waals surface area contributed by atoms with Crippen molar-refractivity contribution in [3.63, 3.8) is 0 Å². The van der Waals surface area contributed by atoms with Crippen molar-refractivity contribution in [2.75, 3.05) is 7.18 Å². The SMILES string of the molecule is C=C[C@@H]1CCC(C)=CC1c1c(O)cc(CCC)c(C(=O)O)c1O.CF. The van der Waals surface area contributed by atoms with Crippen molar-refractivity contribution in [2.24, 2.45) is 5.92 Å². The zero-order chi connectivity index (χ0) is 19.1. The van der Waals surface area contributed by atoms with Crippen molar-refractivity contribution in [1.29, 1.82) is 0 Å². The van der Waals surface area contributed by atoms with Crippen molar-refractivity contribution in [3.05, 3.63) is 47.1 Å². The zero-order valence-electron chi connectivity index (χ0n) is 15.1. The minimum atomic E-state index is -1.17. The van der Waals surface area contributed by atoms with Gasteiger partial charge in [-0.15, -0.1) is 6.58 Å². The first-order valence-electron chi connectivity index (χ1n) is 8.39. The van der Waals surface area contributed by atoms with Gasteiger partial charge in [-0.25, -0.2) is 4.79 Å². The van der Waals surface area contributed by atoms with E-state index in [1.165, 1.54) is 11.6 Å². The maximum absolute atomic E-state index is 11.6. The zero-order valence-corrected chi connectivity index (χ0v) is 15.1. The minimum Gasteiger partial charge on any atom is -0.507 e. The van der Waals surface area contributed by atoms with Crippen LogP contribution in [0.4, 0.5) is 4.39 Å². The number of hydrogen-bond acceptors (Lipinski definition) is 3. The molecule has 0 radical (unpaired) electrons. The summed E-state index contributed by atoms with van der Waals surface area (Å²) in [7, 11) is 0.500. The van der Waals surface area contributed by atoms with Crippen molar-refractivity contribution in [3.8, 4) is 11.5 Å². The Kier molecular flexibility index (Phi) is 7.68. The fourth-order valence-electron chi connectivity index (χ4n) is 3.41. The number of carbonyl (C=O) groups is 1. The molecule has 1 unspecified atom stereocenters. The van der Waals surface area contributed by atoms with Gasteiger partial charge in [-0.3, -0.25) is 4.39 Å². The molecule has 0 fully saturated rings. The number of benzene rings is 1. The molecular formula is C20H27FO4. The van der Waals surface area contributed by atoms with Crippen LogP contribution >= 0.6 is 0 Å². The standard InChI is InChI=1S/C19H24O4.CH3F/c1-4-6-13-10-15(20)17(18(21)16(13)19(22)23)14-9-11(3)7-8-12(14)5-2;1-2/h5,9-10,12,14,20-21H,2,4,6-8H2,1,3H3,(H,22,23);1H3/t12-,14?;/m1./s1. The van der Waals surface area contributed by atoms with Crippen LogP contribution in [0.15, 0.2) is 30.4 Å². The molecule has 4 nitrogen and oxygen atoms in total. The van der Waals surface area contributed by atoms with Crippen LogP contribution < -0.4 is 0 Å². The van der Waals surface area contributed by atoms with Gasteiger partial charge in [-0.2, -0.15) is 0 Å². The number of aromatic hydroxyl groups is 2. The van der Waals surface area contributed by atoms with Gasteiger partial charge in [0.25, 0.3) is 0 Å². The highest BCUT2D eigenvalue weighted by Crippen LogP contribution is 2.46. The lowest BCUT2D eigenvalue weighted by molar-refractivity contribution is 0.0692. The number of allylic oxidation sites excluding steroid dienone is 3. The maximum atomic E-state index is 11.6. The van der Waals surface area contributed by atoms with Crippen molar-refractivity contribution in [1.82, 2.24) is 0 Å². The third kappa shape index (κ3) is 4.41. The van der Waals surface area contributed by atoms with Crippen LogP contribution in [0.2, 0.25) is 0 Å². The molecular weight excluding hydrogens is 323 g/mol. The Labute approximate surface area is 148 Å². The van der Waals surface area contributed by atoms with E-state index in [4.69, 9.17) is 0 Å². The van der Waals surface area contributed by atoms with Gasteiger partial charge in [0.05, 0.1) is 7.18 Å². The summed E-state index contributed by atoms with van der Waals surface area (Å²) in [6.07, 6.45) is 6.84. The average Bonchev–Trinajstić information content (AvgIpc) is 2.56. The second-order valence-corrected chi connectivity index (χ2v) is 6.22. The van der Waals surface area contributed by atoms with E-state index in [0.29, 0.717) is 24.7 Å². The van der Waals surface area contributed by atoms with E-state index in [0.717, 1.165) is 19.3 Å². The van der Waals surface area contributed by atoms with Crippen LogP contribution in [-0.4, -0.2) is 28.5 Å². The molecule has 0 heterocycles. The first-order valence-corrected chi connectivity index (χ1v) is 8.39. The number of hydrogen-bond donors (Lipinski definition) is 3. The first kappa shape index (κ1) is 20.7. The van der Waals surface area contributed by atoms with E-state index in [1.54, 1.807) is 0 Å². The fourth-order valence-corrected chi connectivity index (χ4v) is 3.41. The van der Waals surface area contributed by atoms with Gasteiger partial charge in [0.15, 0.2) is 0 Å². The molecule has 0 saturated heterocycles. The summed E-state index contributed by atoms with van der Waals surface area (Å²) in [5.74, 6) is -1.72. The molecule has 0 spiro atoms. The van der Waals surface area contributed by atoms with Crippen LogP contribution in [0, 0.1) is 5.92 Å². The molecule has 5 heteroatoms. The summed E-state index contributed by atoms with van der Waals surface area (Å²) >= 11 is 0. The van der Waals surface area contributed by atoms with Crippen LogP contribution in [0.1, 0.15) is 60.5 Å². The molecule has 0 amide bonds. The number of phenols is 2. The summed E-state index contributed by atoms with van der Waals surface area (Å²) in [4.78, 5) is 11.6. The third-order valence-corrected chi connectivity index (χ3v) is 4.57. The lowest BCUT2D eigenvalue weighted by Crippen LogP contribution is -2.16. The molecule has 138 valence electrons. The number of carboxylic acids is 1. The number of rotatable bonds is 5. The highest BCUT2D eigenvalue weighted by molar-refractivity contribution is 5.94. The summed E-state index contributed by atoms with van der Waals surface area (Å²) in [6, 6.07) is 1.49. The lowest BCUT2D eigenvalue weighted by atomic mass is 9.76. The Balaban J connectivity index is 0.00000151. The van der Waals surface area contributed by atoms with Gasteiger partial charge >= 0.3 is 5.97 Å². The second-order valence-electron chi connectivity index (χ2n) is 6.22. The molecule has 25 heavy (non-hydrogen) atoms. The topological polar surface area (TPSA) is 77.8 Å². The lowest BCUT2D eigenvalue weighted by Gasteiger charge is -2.29. The Morgan fingerprint density at radius 1 is 1.40 bits per heavy atom. The summed E-state index contributed by atoms with van der Waals surface area (Å²) in [5, 5.41) is 30.5. The van der Waals surface area contributed by atoms with Gasteiger partial charge in [-0.1, -0.05) is 31.1 Å². The van der Waals surface area contributed by atoms with Gasteiger partial charge in [0.1, 0.15) is 17.1 Å². The Morgan fingerprint density at radius 2 is 2.04 bits per heavy atom. The highest BCUT2D eigenvalue weighted by atomic mass is 19.1. The predicted molar refractivity (Wildman–Crippen MR) is 97.2 cm³/mol. The van der Waals surface area contributed by atoms with E-state index in [9.17, 15) is 24.5 Å². The smallest absolute Gasteiger partial charge is 0.339 e. The predicted octanol–water partition coefficient (Wildman–Crippen LogP) is 4.96. The quantitative estimate of drug-likeness (QED) is 0.656. The molecule has 2 atom stereocenters. The van der Waals surface area contributed by atoms with E-state index in [2.05, 4.69) is 6.58 Å². The maximum Gasteiger partial charge on any atom is 0.339 e. The summed E-state index contributed by atoms with van der Waals surface area (Å²) < 4.78 is 9.50. The largest absolute Gasteiger partial charge is 0.507 e. The molecule has 0 saturated carbocycles. The van der Waals surface area contributed by atoms with Crippen LogP contribution in [-0.2, 0) is 6.42 Å². The van der Waals surface area contributed by atoms with Crippen LogP contribution in [0.5, 0.6) is 11.5 Å². The number of aromatic carboxylic acids is 1.